The Kier molecular flexibility index (Phi) is 6.68. The van der Waals surface area contributed by atoms with Crippen LogP contribution in [0.5, 0.6) is 0 Å². The van der Waals surface area contributed by atoms with E-state index in [0.29, 0.717) is 27.8 Å². The topological polar surface area (TPSA) is 93.8 Å². The maximum atomic E-state index is 14.2. The van der Waals surface area contributed by atoms with Crippen LogP contribution in [-0.4, -0.2) is 16.9 Å². The molecule has 0 bridgehead atoms. The standard InChI is InChI=1S/C26H21F2N3O4/c1-14-8-9-18(10-22(14)28)30-26-20(25(33)31-23-7-5-4-6-21(23)27)11-19-17(13-34-16(3)32)12-29-15(2)24(19)35-26/h4-12H,13H2,1-3H3,(H,31,33). The number of aryl methyl sites for hydroxylation is 2. The van der Waals surface area contributed by atoms with Crippen LogP contribution < -0.4 is 10.9 Å². The van der Waals surface area contributed by atoms with E-state index >= 15 is 0 Å². The number of pyridine rings is 1. The lowest BCUT2D eigenvalue weighted by molar-refractivity contribution is -0.142. The van der Waals surface area contributed by atoms with E-state index in [2.05, 4.69) is 15.3 Å². The van der Waals surface area contributed by atoms with Crippen LogP contribution in [0.3, 0.4) is 0 Å². The van der Waals surface area contributed by atoms with Gasteiger partial charge in [-0.3, -0.25) is 14.6 Å². The molecule has 35 heavy (non-hydrogen) atoms. The van der Waals surface area contributed by atoms with Crippen molar-refractivity contribution >= 4 is 34.2 Å². The van der Waals surface area contributed by atoms with Crippen molar-refractivity contribution < 1.29 is 27.5 Å². The van der Waals surface area contributed by atoms with Gasteiger partial charge >= 0.3 is 5.97 Å². The van der Waals surface area contributed by atoms with Crippen molar-refractivity contribution in [1.29, 1.82) is 0 Å². The number of halogens is 2. The van der Waals surface area contributed by atoms with Crippen molar-refractivity contribution in [1.82, 2.24) is 4.98 Å². The Balaban J connectivity index is 1.93. The maximum Gasteiger partial charge on any atom is 0.302 e. The predicted molar refractivity (Wildman–Crippen MR) is 125 cm³/mol. The van der Waals surface area contributed by atoms with Crippen LogP contribution in [0.4, 0.5) is 20.2 Å². The smallest absolute Gasteiger partial charge is 0.302 e. The summed E-state index contributed by atoms with van der Waals surface area (Å²) in [6, 6.07) is 11.6. The van der Waals surface area contributed by atoms with E-state index in [-0.39, 0.29) is 29.1 Å². The van der Waals surface area contributed by atoms with E-state index in [0.717, 1.165) is 0 Å². The van der Waals surface area contributed by atoms with Gasteiger partial charge < -0.3 is 14.5 Å². The number of anilines is 1. The highest BCUT2D eigenvalue weighted by molar-refractivity contribution is 6.05. The molecule has 9 heteroatoms. The number of carbonyl (C=O) groups is 2. The number of para-hydroxylation sites is 1. The maximum absolute atomic E-state index is 14.2. The molecule has 4 rings (SSSR count). The highest BCUT2D eigenvalue weighted by atomic mass is 19.1. The Bertz CT molecular complexity index is 1530. The molecular weight excluding hydrogens is 456 g/mol. The van der Waals surface area contributed by atoms with Crippen LogP contribution in [0.15, 0.2) is 64.1 Å². The summed E-state index contributed by atoms with van der Waals surface area (Å²) < 4.78 is 39.4. The van der Waals surface area contributed by atoms with Crippen molar-refractivity contribution in [3.63, 3.8) is 0 Å². The predicted octanol–water partition coefficient (Wildman–Crippen LogP) is 5.27. The first-order chi connectivity index (χ1) is 16.7. The number of hydrogen-bond donors (Lipinski definition) is 1. The fourth-order valence-electron chi connectivity index (χ4n) is 3.35. The quantitative estimate of drug-likeness (QED) is 0.395. The SMILES string of the molecule is CC(=O)OCc1cnc(C)c2oc(=Nc3ccc(C)c(F)c3)c(C(=O)Nc3ccccc3F)cc12. The van der Waals surface area contributed by atoms with Crippen LogP contribution in [0.2, 0.25) is 0 Å². The van der Waals surface area contributed by atoms with E-state index < -0.39 is 23.5 Å². The van der Waals surface area contributed by atoms with E-state index in [1.165, 1.54) is 43.5 Å². The number of fused-ring (bicyclic) bond motifs is 1. The van der Waals surface area contributed by atoms with Gasteiger partial charge in [-0.15, -0.1) is 0 Å². The van der Waals surface area contributed by atoms with Gasteiger partial charge in [0, 0.05) is 24.1 Å². The number of carbonyl (C=O) groups excluding carboxylic acids is 2. The number of aromatic nitrogens is 1. The Morgan fingerprint density at radius 3 is 2.57 bits per heavy atom. The molecule has 7 nitrogen and oxygen atoms in total. The van der Waals surface area contributed by atoms with Crippen LogP contribution in [0.25, 0.3) is 11.0 Å². The summed E-state index contributed by atoms with van der Waals surface area (Å²) in [6.07, 6.45) is 1.51. The molecular formula is C26H21F2N3O4. The number of ether oxygens (including phenoxy) is 1. The summed E-state index contributed by atoms with van der Waals surface area (Å²) in [5.74, 6) is -2.26. The molecule has 0 spiro atoms. The van der Waals surface area contributed by atoms with E-state index in [1.54, 1.807) is 32.0 Å². The van der Waals surface area contributed by atoms with Gasteiger partial charge in [0.2, 0.25) is 5.55 Å². The normalized spacial score (nSPS) is 11.5. The number of hydrogen-bond acceptors (Lipinski definition) is 6. The molecule has 0 aliphatic rings. The number of nitrogens with one attached hydrogen (secondary N) is 1. The molecule has 0 aliphatic carbocycles. The van der Waals surface area contributed by atoms with Gasteiger partial charge in [-0.05, 0) is 49.7 Å². The van der Waals surface area contributed by atoms with Crippen molar-refractivity contribution in [2.45, 2.75) is 27.4 Å². The van der Waals surface area contributed by atoms with Crippen LogP contribution in [0.1, 0.15) is 34.1 Å². The fourth-order valence-corrected chi connectivity index (χ4v) is 3.35. The van der Waals surface area contributed by atoms with Crippen molar-refractivity contribution in [3.8, 4) is 0 Å². The summed E-state index contributed by atoms with van der Waals surface area (Å²) in [5, 5.41) is 2.98. The van der Waals surface area contributed by atoms with Crippen molar-refractivity contribution in [3.05, 3.63) is 94.3 Å². The lowest BCUT2D eigenvalue weighted by atomic mass is 10.1. The zero-order valence-electron chi connectivity index (χ0n) is 19.2. The van der Waals surface area contributed by atoms with Gasteiger partial charge in [0.15, 0.2) is 5.58 Å². The summed E-state index contributed by atoms with van der Waals surface area (Å²) in [6.45, 7) is 4.50. The van der Waals surface area contributed by atoms with Gasteiger partial charge in [0.25, 0.3) is 5.91 Å². The van der Waals surface area contributed by atoms with Gasteiger partial charge in [0.05, 0.1) is 17.1 Å². The summed E-state index contributed by atoms with van der Waals surface area (Å²) >= 11 is 0. The molecule has 4 aromatic rings. The lowest BCUT2D eigenvalue weighted by Crippen LogP contribution is -2.22. The van der Waals surface area contributed by atoms with Gasteiger partial charge in [-0.2, -0.15) is 0 Å². The second-order valence-corrected chi connectivity index (χ2v) is 7.84. The molecule has 0 saturated heterocycles. The Morgan fingerprint density at radius 1 is 1.09 bits per heavy atom. The first-order valence-corrected chi connectivity index (χ1v) is 10.7. The third-order valence-electron chi connectivity index (χ3n) is 5.23. The Labute approximate surface area is 199 Å². The highest BCUT2D eigenvalue weighted by Gasteiger charge is 2.18. The Hall–Kier alpha value is -4.40. The first-order valence-electron chi connectivity index (χ1n) is 10.7. The average Bonchev–Trinajstić information content (AvgIpc) is 2.82. The number of nitrogens with zero attached hydrogens (tertiary/aromatic N) is 2. The van der Waals surface area contributed by atoms with Gasteiger partial charge in [-0.25, -0.2) is 13.8 Å². The minimum atomic E-state index is -0.694. The lowest BCUT2D eigenvalue weighted by Gasteiger charge is -2.11. The minimum absolute atomic E-state index is 0.0311. The molecule has 0 aliphatic heterocycles. The zero-order valence-corrected chi connectivity index (χ0v) is 19.2. The molecule has 2 aromatic carbocycles. The third-order valence-corrected chi connectivity index (χ3v) is 5.23. The second kappa shape index (κ2) is 9.84. The van der Waals surface area contributed by atoms with E-state index in [9.17, 15) is 18.4 Å². The monoisotopic (exact) mass is 477 g/mol. The zero-order chi connectivity index (χ0) is 25.1. The third kappa shape index (κ3) is 5.24. The number of benzene rings is 2. The van der Waals surface area contributed by atoms with E-state index in [1.807, 2.05) is 0 Å². The number of esters is 1. The second-order valence-electron chi connectivity index (χ2n) is 7.84. The minimum Gasteiger partial charge on any atom is -0.461 e. The highest BCUT2D eigenvalue weighted by Crippen LogP contribution is 2.23. The van der Waals surface area contributed by atoms with Crippen molar-refractivity contribution in [2.75, 3.05) is 5.32 Å². The fraction of sp³-hybridized carbons (Fsp3) is 0.154. The van der Waals surface area contributed by atoms with E-state index in [4.69, 9.17) is 9.15 Å². The first kappa shape index (κ1) is 23.7. The number of rotatable bonds is 5. The molecule has 2 heterocycles. The van der Waals surface area contributed by atoms with Crippen LogP contribution in [-0.2, 0) is 16.1 Å². The molecule has 2 aromatic heterocycles. The molecule has 0 saturated carbocycles. The van der Waals surface area contributed by atoms with Gasteiger partial charge in [0.1, 0.15) is 23.8 Å². The van der Waals surface area contributed by atoms with Gasteiger partial charge in [-0.1, -0.05) is 18.2 Å². The largest absolute Gasteiger partial charge is 0.461 e. The molecule has 1 amide bonds. The number of amides is 1. The van der Waals surface area contributed by atoms with Crippen LogP contribution in [0, 0.1) is 25.5 Å². The van der Waals surface area contributed by atoms with Crippen LogP contribution >= 0.6 is 0 Å². The Morgan fingerprint density at radius 2 is 1.86 bits per heavy atom. The molecule has 178 valence electrons. The molecule has 1 N–H and O–H groups in total. The summed E-state index contributed by atoms with van der Waals surface area (Å²) in [4.78, 5) is 33.2. The molecule has 0 radical (unpaired) electrons. The molecule has 0 fully saturated rings. The summed E-state index contributed by atoms with van der Waals surface area (Å²) in [5.41, 5.74) is 1.78. The average molecular weight is 477 g/mol. The van der Waals surface area contributed by atoms with Crippen molar-refractivity contribution in [2.24, 2.45) is 4.99 Å². The molecule has 0 atom stereocenters. The molecule has 0 unspecified atom stereocenters. The summed E-state index contributed by atoms with van der Waals surface area (Å²) in [7, 11) is 0.